The fourth-order valence-electron chi connectivity index (χ4n) is 2.69. The number of hydrogen-bond donors (Lipinski definition) is 2. The number of carbonyl (C=O) groups excluding carboxylic acids is 1. The van der Waals surface area contributed by atoms with E-state index in [1.54, 1.807) is 12.4 Å². The summed E-state index contributed by atoms with van der Waals surface area (Å²) in [4.78, 5) is 16.0. The lowest BCUT2D eigenvalue weighted by Crippen LogP contribution is -2.38. The fraction of sp³-hybridized carbons (Fsp3) is 0.250. The molecule has 6 nitrogen and oxygen atoms in total. The third-order valence-electron chi connectivity index (χ3n) is 4.09. The molecule has 2 heterocycles. The van der Waals surface area contributed by atoms with Gasteiger partial charge in [0.2, 0.25) is 0 Å². The maximum Gasteiger partial charge on any atom is 0.314 e. The molecule has 0 bridgehead atoms. The quantitative estimate of drug-likeness (QED) is 0.689. The smallest absolute Gasteiger partial charge is 0.314 e. The average Bonchev–Trinajstić information content (AvgIpc) is 3.04. The first-order valence-electron chi connectivity index (χ1n) is 8.73. The second-order valence-electron chi connectivity index (χ2n) is 6.05. The highest BCUT2D eigenvalue weighted by Gasteiger charge is 2.07. The molecule has 0 radical (unpaired) electrons. The van der Waals surface area contributed by atoms with Crippen LogP contribution >= 0.6 is 0 Å². The molecule has 0 atom stereocenters. The molecule has 0 saturated heterocycles. The zero-order chi connectivity index (χ0) is 18.2. The number of nitrogens with zero attached hydrogens (tertiary/aromatic N) is 3. The van der Waals surface area contributed by atoms with Crippen LogP contribution in [0.4, 0.5) is 4.79 Å². The van der Waals surface area contributed by atoms with Crippen LogP contribution in [-0.2, 0) is 13.0 Å². The van der Waals surface area contributed by atoms with Crippen LogP contribution in [-0.4, -0.2) is 33.9 Å². The number of amides is 2. The van der Waals surface area contributed by atoms with Gasteiger partial charge in [0.1, 0.15) is 0 Å². The summed E-state index contributed by atoms with van der Waals surface area (Å²) in [6.45, 7) is 3.76. The van der Waals surface area contributed by atoms with Crippen molar-refractivity contribution in [2.24, 2.45) is 0 Å². The molecule has 0 aliphatic carbocycles. The monoisotopic (exact) mass is 349 g/mol. The molecule has 134 valence electrons. The van der Waals surface area contributed by atoms with Crippen molar-refractivity contribution >= 4 is 6.03 Å². The van der Waals surface area contributed by atoms with Gasteiger partial charge in [-0.1, -0.05) is 30.3 Å². The van der Waals surface area contributed by atoms with E-state index < -0.39 is 0 Å². The summed E-state index contributed by atoms with van der Waals surface area (Å²) in [7, 11) is 0. The largest absolute Gasteiger partial charge is 0.338 e. The van der Waals surface area contributed by atoms with Gasteiger partial charge < -0.3 is 10.6 Å². The molecule has 0 fully saturated rings. The van der Waals surface area contributed by atoms with Crippen molar-refractivity contribution in [1.29, 1.82) is 0 Å². The lowest BCUT2D eigenvalue weighted by Gasteiger charge is -2.08. The van der Waals surface area contributed by atoms with Crippen LogP contribution < -0.4 is 10.6 Å². The summed E-state index contributed by atoms with van der Waals surface area (Å²) in [5.74, 6) is 0. The first-order valence-corrected chi connectivity index (χ1v) is 8.73. The van der Waals surface area contributed by atoms with Crippen LogP contribution in [0.1, 0.15) is 11.3 Å². The SMILES string of the molecule is Cc1cc(-c2cccnc2)nn1CCNC(=O)NCCc1ccccc1. The molecule has 2 N–H and O–H groups in total. The van der Waals surface area contributed by atoms with Crippen LogP contribution in [0.25, 0.3) is 11.3 Å². The highest BCUT2D eigenvalue weighted by Crippen LogP contribution is 2.17. The molecule has 26 heavy (non-hydrogen) atoms. The minimum atomic E-state index is -0.154. The first kappa shape index (κ1) is 17.7. The van der Waals surface area contributed by atoms with Gasteiger partial charge in [0.05, 0.1) is 12.2 Å². The summed E-state index contributed by atoms with van der Waals surface area (Å²) in [6.07, 6.45) is 4.36. The molecule has 6 heteroatoms. The van der Waals surface area contributed by atoms with E-state index in [4.69, 9.17) is 0 Å². The third-order valence-corrected chi connectivity index (χ3v) is 4.09. The lowest BCUT2D eigenvalue weighted by atomic mass is 10.1. The third kappa shape index (κ3) is 4.92. The van der Waals surface area contributed by atoms with Gasteiger partial charge in [-0.05, 0) is 37.1 Å². The molecule has 0 aliphatic heterocycles. The Morgan fingerprint density at radius 3 is 2.65 bits per heavy atom. The topological polar surface area (TPSA) is 71.8 Å². The van der Waals surface area contributed by atoms with Gasteiger partial charge in [-0.2, -0.15) is 5.10 Å². The van der Waals surface area contributed by atoms with Crippen molar-refractivity contribution in [3.8, 4) is 11.3 Å². The van der Waals surface area contributed by atoms with Gasteiger partial charge in [0, 0.05) is 36.7 Å². The van der Waals surface area contributed by atoms with E-state index in [2.05, 4.69) is 32.8 Å². The fourth-order valence-corrected chi connectivity index (χ4v) is 2.69. The second-order valence-corrected chi connectivity index (χ2v) is 6.05. The Morgan fingerprint density at radius 1 is 1.08 bits per heavy atom. The Morgan fingerprint density at radius 2 is 1.88 bits per heavy atom. The predicted octanol–water partition coefficient (Wildman–Crippen LogP) is 2.80. The van der Waals surface area contributed by atoms with Crippen molar-refractivity contribution in [3.63, 3.8) is 0 Å². The molecule has 1 aromatic carbocycles. The van der Waals surface area contributed by atoms with Crippen molar-refractivity contribution in [2.45, 2.75) is 19.9 Å². The predicted molar refractivity (Wildman–Crippen MR) is 102 cm³/mol. The maximum atomic E-state index is 11.9. The number of pyridine rings is 1. The molecule has 2 amide bonds. The summed E-state index contributed by atoms with van der Waals surface area (Å²) >= 11 is 0. The molecule has 0 spiro atoms. The molecular weight excluding hydrogens is 326 g/mol. The number of aryl methyl sites for hydroxylation is 1. The number of hydrogen-bond acceptors (Lipinski definition) is 3. The van der Waals surface area contributed by atoms with E-state index in [0.717, 1.165) is 23.4 Å². The first-order chi connectivity index (χ1) is 12.7. The number of rotatable bonds is 7. The molecule has 2 aromatic heterocycles. The van der Waals surface area contributed by atoms with E-state index in [9.17, 15) is 4.79 Å². The van der Waals surface area contributed by atoms with Crippen LogP contribution in [0, 0.1) is 6.92 Å². The summed E-state index contributed by atoms with van der Waals surface area (Å²) < 4.78 is 1.90. The molecule has 0 aliphatic rings. The molecular formula is C20H23N5O. The van der Waals surface area contributed by atoms with Gasteiger partial charge in [0.15, 0.2) is 0 Å². The van der Waals surface area contributed by atoms with Crippen molar-refractivity contribution in [1.82, 2.24) is 25.4 Å². The number of carbonyl (C=O) groups is 1. The normalized spacial score (nSPS) is 10.5. The van der Waals surface area contributed by atoms with Gasteiger partial charge >= 0.3 is 6.03 Å². The van der Waals surface area contributed by atoms with Gasteiger partial charge in [-0.3, -0.25) is 9.67 Å². The zero-order valence-corrected chi connectivity index (χ0v) is 14.9. The standard InChI is InChI=1S/C20H23N5O/c1-16-14-19(18-8-5-10-21-15-18)24-25(16)13-12-23-20(26)22-11-9-17-6-3-2-4-7-17/h2-8,10,14-15H,9,11-13H2,1H3,(H2,22,23,26). The average molecular weight is 349 g/mol. The molecule has 0 saturated carbocycles. The van der Waals surface area contributed by atoms with E-state index in [0.29, 0.717) is 19.6 Å². The van der Waals surface area contributed by atoms with E-state index >= 15 is 0 Å². The van der Waals surface area contributed by atoms with Crippen molar-refractivity contribution in [2.75, 3.05) is 13.1 Å². The number of urea groups is 1. The molecule has 0 unspecified atom stereocenters. The van der Waals surface area contributed by atoms with Crippen LogP contribution in [0.2, 0.25) is 0 Å². The Bertz CT molecular complexity index is 830. The molecule has 3 aromatic rings. The summed E-state index contributed by atoms with van der Waals surface area (Å²) in [6, 6.07) is 15.8. The lowest BCUT2D eigenvalue weighted by molar-refractivity contribution is 0.240. The van der Waals surface area contributed by atoms with Gasteiger partial charge in [0.25, 0.3) is 0 Å². The van der Waals surface area contributed by atoms with Gasteiger partial charge in [-0.25, -0.2) is 4.79 Å². The minimum absolute atomic E-state index is 0.154. The maximum absolute atomic E-state index is 11.9. The highest BCUT2D eigenvalue weighted by atomic mass is 16.2. The zero-order valence-electron chi connectivity index (χ0n) is 14.9. The summed E-state index contributed by atoms with van der Waals surface area (Å²) in [5, 5.41) is 10.3. The van der Waals surface area contributed by atoms with Crippen molar-refractivity contribution in [3.05, 3.63) is 72.2 Å². The summed E-state index contributed by atoms with van der Waals surface area (Å²) in [5.41, 5.74) is 4.14. The molecule has 3 rings (SSSR count). The van der Waals surface area contributed by atoms with Crippen molar-refractivity contribution < 1.29 is 4.79 Å². The Balaban J connectivity index is 1.42. The number of benzene rings is 1. The van der Waals surface area contributed by atoms with Crippen LogP contribution in [0.15, 0.2) is 60.9 Å². The Hall–Kier alpha value is -3.15. The number of aromatic nitrogens is 3. The second kappa shape index (κ2) is 8.80. The van der Waals surface area contributed by atoms with E-state index in [1.807, 2.05) is 48.0 Å². The Labute approximate surface area is 153 Å². The minimum Gasteiger partial charge on any atom is -0.338 e. The van der Waals surface area contributed by atoms with E-state index in [1.165, 1.54) is 5.56 Å². The van der Waals surface area contributed by atoms with Crippen LogP contribution in [0.5, 0.6) is 0 Å². The van der Waals surface area contributed by atoms with Gasteiger partial charge in [-0.15, -0.1) is 0 Å². The Kier molecular flexibility index (Phi) is 5.98. The highest BCUT2D eigenvalue weighted by molar-refractivity contribution is 5.73. The van der Waals surface area contributed by atoms with Crippen LogP contribution in [0.3, 0.4) is 0 Å². The van der Waals surface area contributed by atoms with E-state index in [-0.39, 0.29) is 6.03 Å². The number of nitrogens with one attached hydrogen (secondary N) is 2.